The summed E-state index contributed by atoms with van der Waals surface area (Å²) in [6.45, 7) is 3.97. The van der Waals surface area contributed by atoms with Crippen molar-refractivity contribution in [3.63, 3.8) is 0 Å². The van der Waals surface area contributed by atoms with Gasteiger partial charge in [0.05, 0.1) is 12.6 Å². The third-order valence-corrected chi connectivity index (χ3v) is 4.88. The van der Waals surface area contributed by atoms with Crippen molar-refractivity contribution in [3.8, 4) is 5.75 Å². The fourth-order valence-corrected chi connectivity index (χ4v) is 3.37. The maximum Gasteiger partial charge on any atom is 0.251 e. The molecule has 0 saturated heterocycles. The standard InChI is InChI=1S/C23H26N2O3/c1-4-5-7-17-10-12-18(13-11-17)24-21(26)15-25-22(27)14-16(2)19-8-6-9-20(28-3)23(19)25/h6,8-14H,4-5,7,15H2,1-3H3,(H,24,26). The van der Waals surface area contributed by atoms with E-state index >= 15 is 0 Å². The highest BCUT2D eigenvalue weighted by Gasteiger charge is 2.14. The van der Waals surface area contributed by atoms with Crippen LogP contribution < -0.4 is 15.6 Å². The number of pyridine rings is 1. The van der Waals surface area contributed by atoms with Crippen LogP contribution in [0.4, 0.5) is 5.69 Å². The Morgan fingerprint density at radius 2 is 1.89 bits per heavy atom. The van der Waals surface area contributed by atoms with E-state index < -0.39 is 0 Å². The molecule has 0 saturated carbocycles. The summed E-state index contributed by atoms with van der Waals surface area (Å²) < 4.78 is 6.90. The molecule has 0 aliphatic heterocycles. The van der Waals surface area contributed by atoms with Crippen LogP contribution in [-0.2, 0) is 17.8 Å². The predicted molar refractivity (Wildman–Crippen MR) is 113 cm³/mol. The largest absolute Gasteiger partial charge is 0.495 e. The van der Waals surface area contributed by atoms with E-state index in [-0.39, 0.29) is 18.0 Å². The number of nitrogens with one attached hydrogen (secondary N) is 1. The normalized spacial score (nSPS) is 10.8. The Morgan fingerprint density at radius 1 is 1.14 bits per heavy atom. The molecule has 2 aromatic carbocycles. The van der Waals surface area contributed by atoms with Crippen molar-refractivity contribution in [3.05, 3.63) is 70.0 Å². The van der Waals surface area contributed by atoms with Gasteiger partial charge in [-0.05, 0) is 49.1 Å². The molecule has 0 fully saturated rings. The van der Waals surface area contributed by atoms with Gasteiger partial charge in [-0.15, -0.1) is 0 Å². The summed E-state index contributed by atoms with van der Waals surface area (Å²) >= 11 is 0. The molecule has 1 amide bonds. The van der Waals surface area contributed by atoms with Crippen LogP contribution in [0.1, 0.15) is 30.9 Å². The summed E-state index contributed by atoms with van der Waals surface area (Å²) in [6, 6.07) is 15.0. The lowest BCUT2D eigenvalue weighted by atomic mass is 10.1. The number of aromatic nitrogens is 1. The Bertz CT molecular complexity index is 1040. The van der Waals surface area contributed by atoms with Crippen molar-refractivity contribution < 1.29 is 9.53 Å². The highest BCUT2D eigenvalue weighted by Crippen LogP contribution is 2.26. The van der Waals surface area contributed by atoms with Crippen molar-refractivity contribution >= 4 is 22.5 Å². The number of carbonyl (C=O) groups excluding carboxylic acids is 1. The summed E-state index contributed by atoms with van der Waals surface area (Å²) in [6.07, 6.45) is 3.34. The van der Waals surface area contributed by atoms with Gasteiger partial charge in [0.2, 0.25) is 5.91 Å². The molecule has 5 nitrogen and oxygen atoms in total. The minimum absolute atomic E-state index is 0.0758. The van der Waals surface area contributed by atoms with Crippen LogP contribution in [0.15, 0.2) is 53.3 Å². The molecular weight excluding hydrogens is 352 g/mol. The average molecular weight is 378 g/mol. The fourth-order valence-electron chi connectivity index (χ4n) is 3.37. The molecular formula is C23H26N2O3. The molecule has 28 heavy (non-hydrogen) atoms. The van der Waals surface area contributed by atoms with E-state index in [0.29, 0.717) is 11.3 Å². The average Bonchev–Trinajstić information content (AvgIpc) is 2.70. The summed E-state index contributed by atoms with van der Waals surface area (Å²) in [5.41, 5.74) is 3.25. The zero-order valence-corrected chi connectivity index (χ0v) is 16.6. The Hall–Kier alpha value is -3.08. The number of nitrogens with zero attached hydrogens (tertiary/aromatic N) is 1. The van der Waals surface area contributed by atoms with Crippen LogP contribution in [0.3, 0.4) is 0 Å². The monoisotopic (exact) mass is 378 g/mol. The molecule has 1 N–H and O–H groups in total. The van der Waals surface area contributed by atoms with E-state index in [1.165, 1.54) is 10.1 Å². The number of aryl methyl sites for hydroxylation is 2. The smallest absolute Gasteiger partial charge is 0.251 e. The molecule has 1 aromatic heterocycles. The van der Waals surface area contributed by atoms with Gasteiger partial charge in [0, 0.05) is 17.1 Å². The molecule has 0 atom stereocenters. The molecule has 146 valence electrons. The maximum absolute atomic E-state index is 12.6. The number of para-hydroxylation sites is 1. The number of carbonyl (C=O) groups is 1. The molecule has 0 spiro atoms. The van der Waals surface area contributed by atoms with E-state index in [2.05, 4.69) is 12.2 Å². The van der Waals surface area contributed by atoms with Gasteiger partial charge in [0.1, 0.15) is 12.3 Å². The minimum atomic E-state index is -0.250. The van der Waals surface area contributed by atoms with E-state index in [1.54, 1.807) is 19.2 Å². The molecule has 0 radical (unpaired) electrons. The number of ether oxygens (including phenoxy) is 1. The van der Waals surface area contributed by atoms with Crippen LogP contribution in [0.2, 0.25) is 0 Å². The fraction of sp³-hybridized carbons (Fsp3) is 0.304. The van der Waals surface area contributed by atoms with E-state index in [4.69, 9.17) is 4.74 Å². The summed E-state index contributed by atoms with van der Waals surface area (Å²) in [5, 5.41) is 3.77. The zero-order chi connectivity index (χ0) is 20.1. The first-order valence-corrected chi connectivity index (χ1v) is 9.59. The third-order valence-electron chi connectivity index (χ3n) is 4.88. The first-order valence-electron chi connectivity index (χ1n) is 9.59. The van der Waals surface area contributed by atoms with Gasteiger partial charge in [-0.1, -0.05) is 37.6 Å². The number of unbranched alkanes of at least 4 members (excludes halogenated alkanes) is 1. The number of anilines is 1. The highest BCUT2D eigenvalue weighted by atomic mass is 16.5. The number of hydrogen-bond donors (Lipinski definition) is 1. The van der Waals surface area contributed by atoms with Crippen molar-refractivity contribution in [2.45, 2.75) is 39.7 Å². The van der Waals surface area contributed by atoms with Crippen molar-refractivity contribution in [1.82, 2.24) is 4.57 Å². The molecule has 0 unspecified atom stereocenters. The van der Waals surface area contributed by atoms with Gasteiger partial charge >= 0.3 is 0 Å². The van der Waals surface area contributed by atoms with Crippen LogP contribution in [0.5, 0.6) is 5.75 Å². The quantitative estimate of drug-likeness (QED) is 0.667. The number of fused-ring (bicyclic) bond motifs is 1. The van der Waals surface area contributed by atoms with Crippen LogP contribution in [-0.4, -0.2) is 17.6 Å². The number of benzene rings is 2. The van der Waals surface area contributed by atoms with Gasteiger partial charge in [0.15, 0.2) is 0 Å². The maximum atomic E-state index is 12.6. The van der Waals surface area contributed by atoms with Gasteiger partial charge in [0.25, 0.3) is 5.56 Å². The lowest BCUT2D eigenvalue weighted by molar-refractivity contribution is -0.116. The Balaban J connectivity index is 1.84. The lowest BCUT2D eigenvalue weighted by Gasteiger charge is -2.15. The molecule has 3 aromatic rings. The van der Waals surface area contributed by atoms with Crippen molar-refractivity contribution in [2.24, 2.45) is 0 Å². The Morgan fingerprint density at radius 3 is 2.57 bits per heavy atom. The summed E-state index contributed by atoms with van der Waals surface area (Å²) in [5.74, 6) is 0.325. The molecule has 0 aliphatic carbocycles. The Labute approximate surface area is 165 Å². The number of rotatable bonds is 7. The van der Waals surface area contributed by atoms with Crippen molar-refractivity contribution in [2.75, 3.05) is 12.4 Å². The molecule has 0 bridgehead atoms. The second-order valence-corrected chi connectivity index (χ2v) is 6.96. The summed E-state index contributed by atoms with van der Waals surface area (Å²) in [4.78, 5) is 25.2. The van der Waals surface area contributed by atoms with E-state index in [1.807, 2.05) is 43.3 Å². The Kier molecular flexibility index (Phi) is 6.14. The topological polar surface area (TPSA) is 60.3 Å². The second kappa shape index (κ2) is 8.74. The zero-order valence-electron chi connectivity index (χ0n) is 16.6. The first kappa shape index (κ1) is 19.7. The minimum Gasteiger partial charge on any atom is -0.495 e. The number of amides is 1. The first-order chi connectivity index (χ1) is 13.5. The van der Waals surface area contributed by atoms with Crippen molar-refractivity contribution in [1.29, 1.82) is 0 Å². The lowest BCUT2D eigenvalue weighted by Crippen LogP contribution is -2.28. The van der Waals surface area contributed by atoms with Gasteiger partial charge in [-0.3, -0.25) is 14.2 Å². The molecule has 5 heteroatoms. The predicted octanol–water partition coefficient (Wildman–Crippen LogP) is 4.30. The number of hydrogen-bond acceptors (Lipinski definition) is 3. The van der Waals surface area contributed by atoms with E-state index in [0.717, 1.165) is 35.9 Å². The SMILES string of the molecule is CCCCc1ccc(NC(=O)Cn2c(=O)cc(C)c3cccc(OC)c32)cc1. The van der Waals surface area contributed by atoms with Gasteiger partial charge in [-0.2, -0.15) is 0 Å². The molecule has 3 rings (SSSR count). The van der Waals surface area contributed by atoms with Gasteiger partial charge < -0.3 is 10.1 Å². The summed E-state index contributed by atoms with van der Waals surface area (Å²) in [7, 11) is 1.56. The van der Waals surface area contributed by atoms with E-state index in [9.17, 15) is 9.59 Å². The van der Waals surface area contributed by atoms with Gasteiger partial charge in [-0.25, -0.2) is 0 Å². The van der Waals surface area contributed by atoms with Crippen LogP contribution >= 0.6 is 0 Å². The highest BCUT2D eigenvalue weighted by molar-refractivity contribution is 5.93. The third kappa shape index (κ3) is 4.25. The number of methoxy groups -OCH3 is 1. The molecule has 0 aliphatic rings. The van der Waals surface area contributed by atoms with Crippen LogP contribution in [0, 0.1) is 6.92 Å². The molecule has 1 heterocycles. The van der Waals surface area contributed by atoms with Crippen LogP contribution in [0.25, 0.3) is 10.9 Å². The second-order valence-electron chi connectivity index (χ2n) is 6.96.